The molecule has 17 heavy (non-hydrogen) atoms. The molecule has 2 heteroatoms. The highest BCUT2D eigenvalue weighted by Gasteiger charge is 2.19. The lowest BCUT2D eigenvalue weighted by Crippen LogP contribution is -2.28. The molecular formula is C15H24N2. The molecule has 2 rings (SSSR count). The number of piperidine rings is 1. The van der Waals surface area contributed by atoms with Gasteiger partial charge in [-0.15, -0.1) is 0 Å². The van der Waals surface area contributed by atoms with Gasteiger partial charge in [0.15, 0.2) is 0 Å². The van der Waals surface area contributed by atoms with Crippen molar-refractivity contribution in [3.8, 4) is 0 Å². The first-order valence-corrected chi connectivity index (χ1v) is 6.61. The Morgan fingerprint density at radius 2 is 1.82 bits per heavy atom. The van der Waals surface area contributed by atoms with Crippen LogP contribution >= 0.6 is 0 Å². The second-order valence-corrected chi connectivity index (χ2v) is 5.39. The van der Waals surface area contributed by atoms with Crippen molar-refractivity contribution in [2.75, 3.05) is 25.5 Å². The molecule has 1 unspecified atom stereocenters. The van der Waals surface area contributed by atoms with Gasteiger partial charge in [-0.25, -0.2) is 0 Å². The summed E-state index contributed by atoms with van der Waals surface area (Å²) in [4.78, 5) is 2.23. The highest BCUT2D eigenvalue weighted by molar-refractivity contribution is 5.57. The lowest BCUT2D eigenvalue weighted by atomic mass is 9.93. The summed E-state index contributed by atoms with van der Waals surface area (Å²) in [5, 5.41) is 3.65. The van der Waals surface area contributed by atoms with E-state index in [9.17, 15) is 0 Å². The van der Waals surface area contributed by atoms with Crippen molar-refractivity contribution in [3.63, 3.8) is 0 Å². The van der Waals surface area contributed by atoms with Gasteiger partial charge in [-0.05, 0) is 56.0 Å². The Kier molecular flexibility index (Phi) is 3.72. The molecule has 94 valence electrons. The summed E-state index contributed by atoms with van der Waals surface area (Å²) >= 11 is 0. The average Bonchev–Trinajstić information content (AvgIpc) is 2.33. The van der Waals surface area contributed by atoms with E-state index in [2.05, 4.69) is 50.3 Å². The summed E-state index contributed by atoms with van der Waals surface area (Å²) in [6, 6.07) is 5.23. The van der Waals surface area contributed by atoms with Crippen LogP contribution in [0.4, 0.5) is 5.69 Å². The van der Waals surface area contributed by atoms with Crippen molar-refractivity contribution in [2.24, 2.45) is 0 Å². The summed E-state index contributed by atoms with van der Waals surface area (Å²) in [5.74, 6) is 0. The first kappa shape index (κ1) is 12.4. The Morgan fingerprint density at radius 3 is 2.41 bits per heavy atom. The van der Waals surface area contributed by atoms with Gasteiger partial charge in [0, 0.05) is 25.8 Å². The fraction of sp³-hybridized carbons (Fsp3) is 0.600. The first-order chi connectivity index (χ1) is 8.09. The third-order valence-electron chi connectivity index (χ3n) is 3.81. The number of rotatable bonds is 2. The van der Waals surface area contributed by atoms with Crippen molar-refractivity contribution in [1.29, 1.82) is 0 Å². The van der Waals surface area contributed by atoms with Gasteiger partial charge in [0.05, 0.1) is 0 Å². The number of aryl methyl sites for hydroxylation is 2. The molecule has 0 bridgehead atoms. The summed E-state index contributed by atoms with van der Waals surface area (Å²) in [7, 11) is 4.27. The van der Waals surface area contributed by atoms with E-state index in [1.54, 1.807) is 0 Å². The number of anilines is 1. The van der Waals surface area contributed by atoms with Gasteiger partial charge < -0.3 is 10.2 Å². The van der Waals surface area contributed by atoms with Gasteiger partial charge in [-0.1, -0.05) is 12.5 Å². The van der Waals surface area contributed by atoms with E-state index in [4.69, 9.17) is 0 Å². The maximum atomic E-state index is 3.65. The molecule has 1 heterocycles. The Bertz CT molecular complexity index is 390. The van der Waals surface area contributed by atoms with Crippen LogP contribution < -0.4 is 10.2 Å². The van der Waals surface area contributed by atoms with Crippen molar-refractivity contribution in [1.82, 2.24) is 5.32 Å². The predicted molar refractivity (Wildman–Crippen MR) is 74.8 cm³/mol. The molecule has 1 aliphatic rings. The fourth-order valence-electron chi connectivity index (χ4n) is 2.61. The summed E-state index contributed by atoms with van der Waals surface area (Å²) in [5.41, 5.74) is 5.62. The fourth-order valence-corrected chi connectivity index (χ4v) is 2.61. The monoisotopic (exact) mass is 232 g/mol. The van der Waals surface area contributed by atoms with E-state index in [0.717, 1.165) is 6.54 Å². The van der Waals surface area contributed by atoms with Crippen molar-refractivity contribution >= 4 is 5.69 Å². The minimum Gasteiger partial charge on any atom is -0.377 e. The van der Waals surface area contributed by atoms with E-state index in [1.807, 2.05) is 0 Å². The molecular weight excluding hydrogens is 208 g/mol. The standard InChI is InChI=1S/C15H24N2/c1-11-9-13(14-7-5-6-8-16-14)15(17(3)4)10-12(11)2/h9-10,14,16H,5-8H2,1-4H3. The molecule has 0 radical (unpaired) electrons. The van der Waals surface area contributed by atoms with E-state index in [0.29, 0.717) is 6.04 Å². The van der Waals surface area contributed by atoms with Gasteiger partial charge in [-0.3, -0.25) is 0 Å². The van der Waals surface area contributed by atoms with Gasteiger partial charge in [0.2, 0.25) is 0 Å². The second-order valence-electron chi connectivity index (χ2n) is 5.39. The van der Waals surface area contributed by atoms with Crippen LogP contribution in [0.25, 0.3) is 0 Å². The molecule has 1 atom stereocenters. The normalized spacial score (nSPS) is 20.4. The summed E-state index contributed by atoms with van der Waals surface area (Å²) in [6.45, 7) is 5.56. The number of benzene rings is 1. The average molecular weight is 232 g/mol. The Labute approximate surface area is 105 Å². The minimum absolute atomic E-state index is 0.542. The molecule has 1 N–H and O–H groups in total. The minimum atomic E-state index is 0.542. The van der Waals surface area contributed by atoms with Crippen LogP contribution in [-0.2, 0) is 0 Å². The summed E-state index contributed by atoms with van der Waals surface area (Å²) < 4.78 is 0. The molecule has 2 nitrogen and oxygen atoms in total. The van der Waals surface area contributed by atoms with Crippen molar-refractivity contribution in [2.45, 2.75) is 39.2 Å². The van der Waals surface area contributed by atoms with Crippen LogP contribution in [0.5, 0.6) is 0 Å². The number of hydrogen-bond acceptors (Lipinski definition) is 2. The van der Waals surface area contributed by atoms with E-state index >= 15 is 0 Å². The van der Waals surface area contributed by atoms with E-state index < -0.39 is 0 Å². The predicted octanol–water partition coefficient (Wildman–Crippen LogP) is 3.18. The van der Waals surface area contributed by atoms with Crippen LogP contribution in [0.15, 0.2) is 12.1 Å². The highest BCUT2D eigenvalue weighted by Crippen LogP contribution is 2.32. The molecule has 0 amide bonds. The SMILES string of the molecule is Cc1cc(C2CCCCN2)c(N(C)C)cc1C. The molecule has 1 fully saturated rings. The first-order valence-electron chi connectivity index (χ1n) is 6.61. The molecule has 0 aromatic heterocycles. The number of nitrogens with zero attached hydrogens (tertiary/aromatic N) is 1. The van der Waals surface area contributed by atoms with E-state index in [-0.39, 0.29) is 0 Å². The maximum Gasteiger partial charge on any atom is 0.0412 e. The maximum absolute atomic E-state index is 3.65. The lowest BCUT2D eigenvalue weighted by molar-refractivity contribution is 0.412. The third-order valence-corrected chi connectivity index (χ3v) is 3.81. The van der Waals surface area contributed by atoms with Crippen LogP contribution in [-0.4, -0.2) is 20.6 Å². The van der Waals surface area contributed by atoms with Crippen molar-refractivity contribution < 1.29 is 0 Å². The Hall–Kier alpha value is -1.02. The van der Waals surface area contributed by atoms with Crippen LogP contribution in [0.1, 0.15) is 42.0 Å². The topological polar surface area (TPSA) is 15.3 Å². The quantitative estimate of drug-likeness (QED) is 0.842. The highest BCUT2D eigenvalue weighted by atomic mass is 15.1. The zero-order chi connectivity index (χ0) is 12.4. The van der Waals surface area contributed by atoms with Gasteiger partial charge in [0.1, 0.15) is 0 Å². The molecule has 1 saturated heterocycles. The van der Waals surface area contributed by atoms with E-state index in [1.165, 1.54) is 41.6 Å². The largest absolute Gasteiger partial charge is 0.377 e. The van der Waals surface area contributed by atoms with Crippen LogP contribution in [0.3, 0.4) is 0 Å². The number of nitrogens with one attached hydrogen (secondary N) is 1. The van der Waals surface area contributed by atoms with Crippen LogP contribution in [0.2, 0.25) is 0 Å². The number of hydrogen-bond donors (Lipinski definition) is 1. The van der Waals surface area contributed by atoms with Crippen molar-refractivity contribution in [3.05, 3.63) is 28.8 Å². The van der Waals surface area contributed by atoms with Gasteiger partial charge >= 0.3 is 0 Å². The lowest BCUT2D eigenvalue weighted by Gasteiger charge is -2.29. The molecule has 1 aromatic carbocycles. The van der Waals surface area contributed by atoms with Crippen LogP contribution in [0, 0.1) is 13.8 Å². The van der Waals surface area contributed by atoms with Gasteiger partial charge in [0.25, 0.3) is 0 Å². The molecule has 0 spiro atoms. The molecule has 1 aliphatic heterocycles. The van der Waals surface area contributed by atoms with Gasteiger partial charge in [-0.2, -0.15) is 0 Å². The second kappa shape index (κ2) is 5.09. The smallest absolute Gasteiger partial charge is 0.0412 e. The molecule has 1 aromatic rings. The summed E-state index contributed by atoms with van der Waals surface area (Å²) in [6.07, 6.45) is 3.93. The zero-order valence-corrected chi connectivity index (χ0v) is 11.5. The Balaban J connectivity index is 2.39. The zero-order valence-electron chi connectivity index (χ0n) is 11.5. The third kappa shape index (κ3) is 2.63. The Morgan fingerprint density at radius 1 is 1.12 bits per heavy atom. The molecule has 0 aliphatic carbocycles. The molecule has 0 saturated carbocycles.